The van der Waals surface area contributed by atoms with E-state index in [1.54, 1.807) is 25.1 Å². The Morgan fingerprint density at radius 3 is 2.92 bits per heavy atom. The molecule has 1 N–H and O–H groups in total. The van der Waals surface area contributed by atoms with Gasteiger partial charge in [0.1, 0.15) is 4.88 Å². The summed E-state index contributed by atoms with van der Waals surface area (Å²) in [4.78, 5) is 33.7. The summed E-state index contributed by atoms with van der Waals surface area (Å²) in [5.41, 5.74) is 1.64. The molecule has 2 aromatic heterocycles. The summed E-state index contributed by atoms with van der Waals surface area (Å²) in [6.45, 7) is 1.72. The van der Waals surface area contributed by atoms with Crippen molar-refractivity contribution in [2.24, 2.45) is 0 Å². The smallest absolute Gasteiger partial charge is 0.349 e. The number of para-hydroxylation sites is 1. The molecule has 3 aromatic rings. The minimum Gasteiger partial charge on any atom is -0.450 e. The van der Waals surface area contributed by atoms with Gasteiger partial charge in [0, 0.05) is 4.88 Å². The predicted octanol–water partition coefficient (Wildman–Crippen LogP) is 3.78. The number of fused-ring (bicyclic) bond motifs is 2. The molecule has 0 spiro atoms. The van der Waals surface area contributed by atoms with E-state index in [1.807, 2.05) is 12.1 Å². The molecule has 2 heterocycles. The highest BCUT2D eigenvalue weighted by Gasteiger charge is 2.21. The van der Waals surface area contributed by atoms with Crippen LogP contribution < -0.4 is 5.56 Å². The zero-order valence-electron chi connectivity index (χ0n) is 13.9. The van der Waals surface area contributed by atoms with Gasteiger partial charge in [-0.1, -0.05) is 12.1 Å². The molecule has 5 nitrogen and oxygen atoms in total. The molecule has 128 valence electrons. The number of hydrogen-bond acceptors (Lipinski definition) is 5. The molecule has 0 fully saturated rings. The van der Waals surface area contributed by atoms with Crippen molar-refractivity contribution in [3.05, 3.63) is 61.8 Å². The van der Waals surface area contributed by atoms with Gasteiger partial charge in [0.2, 0.25) is 0 Å². The molecule has 25 heavy (non-hydrogen) atoms. The van der Waals surface area contributed by atoms with Crippen LogP contribution in [0.2, 0.25) is 0 Å². The van der Waals surface area contributed by atoms with E-state index in [4.69, 9.17) is 4.74 Å². The van der Waals surface area contributed by atoms with Crippen LogP contribution in [0.25, 0.3) is 10.9 Å². The van der Waals surface area contributed by atoms with Crippen LogP contribution in [-0.2, 0) is 17.6 Å². The fourth-order valence-corrected chi connectivity index (χ4v) is 4.30. The normalized spacial score (nSPS) is 14.9. The van der Waals surface area contributed by atoms with Gasteiger partial charge in [0.05, 0.1) is 10.9 Å². The van der Waals surface area contributed by atoms with E-state index in [0.29, 0.717) is 21.6 Å². The van der Waals surface area contributed by atoms with E-state index in [2.05, 4.69) is 9.97 Å². The first-order valence-electron chi connectivity index (χ1n) is 8.43. The largest absolute Gasteiger partial charge is 0.450 e. The minimum absolute atomic E-state index is 0.227. The number of aryl methyl sites for hydroxylation is 2. The third-order valence-electron chi connectivity index (χ3n) is 4.50. The lowest BCUT2D eigenvalue weighted by molar-refractivity contribution is 0.0326. The highest BCUT2D eigenvalue weighted by atomic mass is 32.1. The van der Waals surface area contributed by atoms with Crippen molar-refractivity contribution in [1.29, 1.82) is 0 Å². The highest BCUT2D eigenvalue weighted by Crippen LogP contribution is 2.30. The van der Waals surface area contributed by atoms with Crippen molar-refractivity contribution in [3.8, 4) is 0 Å². The Hall–Kier alpha value is -2.47. The Kier molecular flexibility index (Phi) is 4.13. The van der Waals surface area contributed by atoms with E-state index in [0.717, 1.165) is 12.8 Å². The van der Waals surface area contributed by atoms with E-state index < -0.39 is 6.10 Å². The predicted molar refractivity (Wildman–Crippen MR) is 97.2 cm³/mol. The van der Waals surface area contributed by atoms with Crippen LogP contribution in [0.4, 0.5) is 0 Å². The number of nitrogens with zero attached hydrogens (tertiary/aromatic N) is 1. The molecular formula is C19H18N2O3S. The van der Waals surface area contributed by atoms with Gasteiger partial charge in [0.15, 0.2) is 11.9 Å². The summed E-state index contributed by atoms with van der Waals surface area (Å²) in [6.07, 6.45) is 3.82. The second-order valence-electron chi connectivity index (χ2n) is 6.28. The maximum absolute atomic E-state index is 12.5. The molecule has 1 aliphatic rings. The number of H-pyrrole nitrogens is 1. The fraction of sp³-hybridized carbons (Fsp3) is 0.316. The van der Waals surface area contributed by atoms with Gasteiger partial charge in [-0.25, -0.2) is 9.78 Å². The quantitative estimate of drug-likeness (QED) is 0.727. The number of ether oxygens (including phenoxy) is 1. The van der Waals surface area contributed by atoms with Crippen LogP contribution in [0.5, 0.6) is 0 Å². The van der Waals surface area contributed by atoms with Crippen LogP contribution >= 0.6 is 11.3 Å². The number of nitrogens with one attached hydrogen (secondary N) is 1. The van der Waals surface area contributed by atoms with Gasteiger partial charge in [-0.3, -0.25) is 4.79 Å². The van der Waals surface area contributed by atoms with Crippen molar-refractivity contribution in [2.75, 3.05) is 0 Å². The van der Waals surface area contributed by atoms with E-state index >= 15 is 0 Å². The number of hydrogen-bond donors (Lipinski definition) is 1. The summed E-state index contributed by atoms with van der Waals surface area (Å²) in [5, 5.41) is 0.524. The van der Waals surface area contributed by atoms with Crippen molar-refractivity contribution < 1.29 is 9.53 Å². The summed E-state index contributed by atoms with van der Waals surface area (Å²) in [6, 6.07) is 9.06. The molecule has 0 bridgehead atoms. The molecule has 0 radical (unpaired) electrons. The number of aromatic nitrogens is 2. The molecule has 6 heteroatoms. The summed E-state index contributed by atoms with van der Waals surface area (Å²) < 4.78 is 5.54. The van der Waals surface area contributed by atoms with Gasteiger partial charge < -0.3 is 9.72 Å². The minimum atomic E-state index is -0.621. The van der Waals surface area contributed by atoms with Gasteiger partial charge in [-0.15, -0.1) is 11.3 Å². The van der Waals surface area contributed by atoms with Gasteiger partial charge in [-0.2, -0.15) is 0 Å². The molecule has 1 aromatic carbocycles. The van der Waals surface area contributed by atoms with Gasteiger partial charge >= 0.3 is 5.97 Å². The van der Waals surface area contributed by atoms with Crippen molar-refractivity contribution in [3.63, 3.8) is 0 Å². The molecule has 1 aliphatic carbocycles. The van der Waals surface area contributed by atoms with Crippen LogP contribution in [0.3, 0.4) is 0 Å². The first kappa shape index (κ1) is 16.0. The third-order valence-corrected chi connectivity index (χ3v) is 5.71. The summed E-state index contributed by atoms with van der Waals surface area (Å²) in [5.74, 6) is 0.000997. The Bertz CT molecular complexity index is 982. The SMILES string of the molecule is C[C@H](OC(=O)c1cc2c(s1)CCCC2)c1nc2ccccc2c(=O)[nH]1. The lowest BCUT2D eigenvalue weighted by atomic mass is 9.99. The highest BCUT2D eigenvalue weighted by molar-refractivity contribution is 7.14. The molecule has 0 amide bonds. The second-order valence-corrected chi connectivity index (χ2v) is 7.42. The van der Waals surface area contributed by atoms with Crippen molar-refractivity contribution >= 4 is 28.2 Å². The summed E-state index contributed by atoms with van der Waals surface area (Å²) in [7, 11) is 0. The first-order chi connectivity index (χ1) is 12.1. The number of carbonyl (C=O) groups excluding carboxylic acids is 1. The zero-order valence-corrected chi connectivity index (χ0v) is 14.7. The fourth-order valence-electron chi connectivity index (χ4n) is 3.16. The molecule has 0 saturated carbocycles. The number of aromatic amines is 1. The number of benzene rings is 1. The Morgan fingerprint density at radius 1 is 1.28 bits per heavy atom. The molecular weight excluding hydrogens is 336 g/mol. The molecule has 1 atom stereocenters. The lowest BCUT2D eigenvalue weighted by Gasteiger charge is -2.12. The van der Waals surface area contributed by atoms with E-state index in [-0.39, 0.29) is 11.5 Å². The average molecular weight is 354 g/mol. The lowest BCUT2D eigenvalue weighted by Crippen LogP contribution is -2.17. The Morgan fingerprint density at radius 2 is 2.08 bits per heavy atom. The topological polar surface area (TPSA) is 72.0 Å². The van der Waals surface area contributed by atoms with Crippen molar-refractivity contribution in [2.45, 2.75) is 38.7 Å². The zero-order chi connectivity index (χ0) is 17.4. The van der Waals surface area contributed by atoms with E-state index in [9.17, 15) is 9.59 Å². The number of rotatable bonds is 3. The second kappa shape index (κ2) is 6.44. The maximum Gasteiger partial charge on any atom is 0.349 e. The van der Waals surface area contributed by atoms with Crippen LogP contribution in [0.15, 0.2) is 35.1 Å². The van der Waals surface area contributed by atoms with Crippen LogP contribution in [-0.4, -0.2) is 15.9 Å². The molecule has 0 saturated heterocycles. The van der Waals surface area contributed by atoms with Gasteiger partial charge in [0.25, 0.3) is 5.56 Å². The molecule has 0 unspecified atom stereocenters. The van der Waals surface area contributed by atoms with Crippen molar-refractivity contribution in [1.82, 2.24) is 9.97 Å². The number of carbonyl (C=O) groups is 1. The Balaban J connectivity index is 1.57. The monoisotopic (exact) mass is 354 g/mol. The van der Waals surface area contributed by atoms with Crippen LogP contribution in [0.1, 0.15) is 51.8 Å². The summed E-state index contributed by atoms with van der Waals surface area (Å²) >= 11 is 1.52. The number of thiophene rings is 1. The standard InChI is InChI=1S/C19H18N2O3S/c1-11(17-20-14-8-4-3-7-13(14)18(22)21-17)24-19(23)16-10-12-6-2-5-9-15(12)25-16/h3-4,7-8,10-11H,2,5-6,9H2,1H3,(H,20,21,22)/t11-/m0/s1. The van der Waals surface area contributed by atoms with Gasteiger partial charge in [-0.05, 0) is 56.4 Å². The van der Waals surface area contributed by atoms with Crippen LogP contribution in [0, 0.1) is 0 Å². The molecule has 0 aliphatic heterocycles. The first-order valence-corrected chi connectivity index (χ1v) is 9.25. The maximum atomic E-state index is 12.5. The third kappa shape index (κ3) is 3.09. The Labute approximate surface area is 148 Å². The molecule has 4 rings (SSSR count). The van der Waals surface area contributed by atoms with E-state index in [1.165, 1.54) is 34.6 Å². The number of esters is 1. The average Bonchev–Trinajstić information content (AvgIpc) is 3.06.